The average molecular weight is 440 g/mol. The van der Waals surface area contributed by atoms with E-state index in [-0.39, 0.29) is 11.9 Å². The summed E-state index contributed by atoms with van der Waals surface area (Å²) in [7, 11) is 0. The molecule has 3 aromatic rings. The van der Waals surface area contributed by atoms with Crippen LogP contribution in [0.2, 0.25) is 0 Å². The molecular formula is C24H30FN5O2. The summed E-state index contributed by atoms with van der Waals surface area (Å²) < 4.78 is 20.7. The van der Waals surface area contributed by atoms with Crippen LogP contribution in [0.3, 0.4) is 0 Å². The number of halogens is 1. The Morgan fingerprint density at radius 2 is 1.62 bits per heavy atom. The minimum Gasteiger partial charge on any atom is -0.444 e. The van der Waals surface area contributed by atoms with E-state index in [9.17, 15) is 9.18 Å². The number of aryl methyl sites for hydroxylation is 2. The van der Waals surface area contributed by atoms with Crippen LogP contribution >= 0.6 is 0 Å². The quantitative estimate of drug-likeness (QED) is 0.588. The molecule has 0 saturated carbocycles. The Bertz CT molecular complexity index is 1160. The van der Waals surface area contributed by atoms with Gasteiger partial charge in [0, 0.05) is 42.9 Å². The van der Waals surface area contributed by atoms with E-state index in [1.165, 1.54) is 12.1 Å². The van der Waals surface area contributed by atoms with Crippen LogP contribution in [0.5, 0.6) is 0 Å². The molecule has 1 fully saturated rings. The Morgan fingerprint density at radius 3 is 2.22 bits per heavy atom. The standard InChI is InChI=1S/C24H30FN5O2/c1-15-16(2)22(28-11-13-29(14-12-28)23(31)32-24(4,5)6)27-30-17(3)20(26-21(15)30)18-7-9-19(25)10-8-18/h7-10H,11-14H2,1-6H3. The molecule has 170 valence electrons. The number of imidazole rings is 1. The highest BCUT2D eigenvalue weighted by atomic mass is 19.1. The molecule has 1 aliphatic rings. The first-order chi connectivity index (χ1) is 15.0. The highest BCUT2D eigenvalue weighted by Gasteiger charge is 2.28. The lowest BCUT2D eigenvalue weighted by Gasteiger charge is -2.36. The zero-order valence-electron chi connectivity index (χ0n) is 19.6. The van der Waals surface area contributed by atoms with Crippen molar-refractivity contribution in [2.24, 2.45) is 0 Å². The summed E-state index contributed by atoms with van der Waals surface area (Å²) in [6.45, 7) is 14.2. The number of nitrogens with zero attached hydrogens (tertiary/aromatic N) is 5. The number of piperazine rings is 1. The normalized spacial score (nSPS) is 14.8. The van der Waals surface area contributed by atoms with E-state index < -0.39 is 5.60 Å². The van der Waals surface area contributed by atoms with Crippen molar-refractivity contribution >= 4 is 17.6 Å². The van der Waals surface area contributed by atoms with Gasteiger partial charge in [-0.1, -0.05) is 0 Å². The fourth-order valence-electron chi connectivity index (χ4n) is 3.97. The van der Waals surface area contributed by atoms with Gasteiger partial charge in [-0.2, -0.15) is 0 Å². The first-order valence-corrected chi connectivity index (χ1v) is 10.9. The summed E-state index contributed by atoms with van der Waals surface area (Å²) in [6, 6.07) is 6.37. The number of hydrogen-bond donors (Lipinski definition) is 0. The van der Waals surface area contributed by atoms with Gasteiger partial charge in [-0.3, -0.25) is 0 Å². The molecule has 0 spiro atoms. The second kappa shape index (κ2) is 8.07. The number of amides is 1. The molecule has 32 heavy (non-hydrogen) atoms. The molecule has 0 atom stereocenters. The van der Waals surface area contributed by atoms with Crippen LogP contribution in [0.25, 0.3) is 16.9 Å². The molecule has 1 amide bonds. The van der Waals surface area contributed by atoms with Crippen molar-refractivity contribution in [3.8, 4) is 11.3 Å². The molecule has 7 nitrogen and oxygen atoms in total. The van der Waals surface area contributed by atoms with Crippen molar-refractivity contribution in [3.05, 3.63) is 46.9 Å². The molecule has 2 aromatic heterocycles. The topological polar surface area (TPSA) is 63.0 Å². The number of carbonyl (C=O) groups excluding carboxylic acids is 1. The number of hydrogen-bond acceptors (Lipinski definition) is 5. The molecule has 1 saturated heterocycles. The Balaban J connectivity index is 1.62. The van der Waals surface area contributed by atoms with E-state index in [1.54, 1.807) is 17.0 Å². The van der Waals surface area contributed by atoms with E-state index >= 15 is 0 Å². The predicted molar refractivity (Wildman–Crippen MR) is 123 cm³/mol. The van der Waals surface area contributed by atoms with E-state index in [2.05, 4.69) is 11.8 Å². The van der Waals surface area contributed by atoms with Gasteiger partial charge in [0.2, 0.25) is 0 Å². The maximum Gasteiger partial charge on any atom is 0.410 e. The van der Waals surface area contributed by atoms with Gasteiger partial charge in [-0.25, -0.2) is 18.7 Å². The maximum absolute atomic E-state index is 13.4. The van der Waals surface area contributed by atoms with Gasteiger partial charge >= 0.3 is 6.09 Å². The molecule has 4 rings (SSSR count). The van der Waals surface area contributed by atoms with Crippen LogP contribution < -0.4 is 4.90 Å². The third-order valence-electron chi connectivity index (χ3n) is 5.86. The van der Waals surface area contributed by atoms with Crippen molar-refractivity contribution < 1.29 is 13.9 Å². The highest BCUT2D eigenvalue weighted by molar-refractivity contribution is 5.70. The molecule has 0 aliphatic carbocycles. The van der Waals surface area contributed by atoms with E-state index in [0.29, 0.717) is 26.2 Å². The maximum atomic E-state index is 13.4. The van der Waals surface area contributed by atoms with Crippen molar-refractivity contribution in [3.63, 3.8) is 0 Å². The second-order valence-electron chi connectivity index (χ2n) is 9.32. The molecule has 0 unspecified atom stereocenters. The largest absolute Gasteiger partial charge is 0.444 e. The van der Waals surface area contributed by atoms with Gasteiger partial charge < -0.3 is 14.5 Å². The van der Waals surface area contributed by atoms with Gasteiger partial charge in [-0.15, -0.1) is 5.10 Å². The van der Waals surface area contributed by atoms with Gasteiger partial charge in [0.05, 0.1) is 11.4 Å². The fraction of sp³-hybridized carbons (Fsp3) is 0.458. The number of carbonyl (C=O) groups is 1. The molecule has 0 N–H and O–H groups in total. The van der Waals surface area contributed by atoms with E-state index in [4.69, 9.17) is 14.8 Å². The SMILES string of the molecule is Cc1c(N2CCN(C(=O)OC(C)(C)C)CC2)nn2c(C)c(-c3ccc(F)cc3)nc2c1C. The average Bonchev–Trinajstić information content (AvgIpc) is 3.07. The van der Waals surface area contributed by atoms with E-state index in [1.807, 2.05) is 39.1 Å². The zero-order chi connectivity index (χ0) is 23.2. The van der Waals surface area contributed by atoms with Crippen molar-refractivity contribution in [2.75, 3.05) is 31.1 Å². The van der Waals surface area contributed by atoms with Crippen LogP contribution in [-0.2, 0) is 4.74 Å². The van der Waals surface area contributed by atoms with Gasteiger partial charge in [0.15, 0.2) is 11.5 Å². The number of rotatable bonds is 2. The van der Waals surface area contributed by atoms with Gasteiger partial charge in [0.25, 0.3) is 0 Å². The van der Waals surface area contributed by atoms with Crippen molar-refractivity contribution in [1.82, 2.24) is 19.5 Å². The minimum absolute atomic E-state index is 0.270. The van der Waals surface area contributed by atoms with Crippen LogP contribution in [0, 0.1) is 26.6 Å². The van der Waals surface area contributed by atoms with Crippen LogP contribution in [0.4, 0.5) is 15.0 Å². The molecule has 1 aromatic carbocycles. The van der Waals surface area contributed by atoms with Crippen LogP contribution in [-0.4, -0.2) is 57.4 Å². The smallest absolute Gasteiger partial charge is 0.410 e. The lowest BCUT2D eigenvalue weighted by atomic mass is 10.1. The third-order valence-corrected chi connectivity index (χ3v) is 5.86. The molecule has 3 heterocycles. The number of ether oxygens (including phenoxy) is 1. The summed E-state index contributed by atoms with van der Waals surface area (Å²) in [5.41, 5.74) is 4.99. The summed E-state index contributed by atoms with van der Waals surface area (Å²) in [4.78, 5) is 21.2. The fourth-order valence-corrected chi connectivity index (χ4v) is 3.97. The Hall–Kier alpha value is -3.16. The molecular weight excluding hydrogens is 409 g/mol. The summed E-state index contributed by atoms with van der Waals surface area (Å²) >= 11 is 0. The van der Waals surface area contributed by atoms with Crippen LogP contribution in [0.1, 0.15) is 37.6 Å². The Morgan fingerprint density at radius 1 is 1.00 bits per heavy atom. The Kier molecular flexibility index (Phi) is 5.56. The first-order valence-electron chi connectivity index (χ1n) is 10.9. The highest BCUT2D eigenvalue weighted by Crippen LogP contribution is 2.29. The number of aromatic nitrogens is 3. The molecule has 1 aliphatic heterocycles. The summed E-state index contributed by atoms with van der Waals surface area (Å²) in [5.74, 6) is 0.623. The van der Waals surface area contributed by atoms with Gasteiger partial charge in [0.1, 0.15) is 11.4 Å². The van der Waals surface area contributed by atoms with E-state index in [0.717, 1.165) is 39.5 Å². The monoisotopic (exact) mass is 439 g/mol. The van der Waals surface area contributed by atoms with Crippen LogP contribution in [0.15, 0.2) is 24.3 Å². The minimum atomic E-state index is -0.504. The zero-order valence-corrected chi connectivity index (χ0v) is 19.6. The van der Waals surface area contributed by atoms with Crippen molar-refractivity contribution in [2.45, 2.75) is 47.1 Å². The summed E-state index contributed by atoms with van der Waals surface area (Å²) in [5, 5.41) is 4.92. The molecule has 0 bridgehead atoms. The number of anilines is 1. The predicted octanol–water partition coefficient (Wildman–Crippen LogP) is 4.52. The second-order valence-corrected chi connectivity index (χ2v) is 9.32. The number of fused-ring (bicyclic) bond motifs is 1. The third kappa shape index (κ3) is 4.13. The lowest BCUT2D eigenvalue weighted by molar-refractivity contribution is 0.0240. The Labute approximate surface area is 187 Å². The summed E-state index contributed by atoms with van der Waals surface area (Å²) in [6.07, 6.45) is -0.275. The first kappa shape index (κ1) is 22.0. The molecule has 0 radical (unpaired) electrons. The molecule has 8 heteroatoms. The lowest BCUT2D eigenvalue weighted by Crippen LogP contribution is -2.50. The number of benzene rings is 1. The van der Waals surface area contributed by atoms with Gasteiger partial charge in [-0.05, 0) is 65.8 Å². The van der Waals surface area contributed by atoms with Crippen molar-refractivity contribution in [1.29, 1.82) is 0 Å².